The van der Waals surface area contributed by atoms with Gasteiger partial charge < -0.3 is 10.2 Å². The summed E-state index contributed by atoms with van der Waals surface area (Å²) in [6.45, 7) is 11.8. The van der Waals surface area contributed by atoms with E-state index in [0.717, 1.165) is 18.6 Å². The molecule has 2 unspecified atom stereocenters. The van der Waals surface area contributed by atoms with Crippen molar-refractivity contribution in [3.05, 3.63) is 0 Å². The van der Waals surface area contributed by atoms with E-state index in [1.807, 2.05) is 0 Å². The third-order valence-corrected chi connectivity index (χ3v) is 4.79. The minimum atomic E-state index is 0.268. The molecule has 2 atom stereocenters. The van der Waals surface area contributed by atoms with Crippen molar-refractivity contribution in [3.8, 4) is 0 Å². The van der Waals surface area contributed by atoms with Crippen molar-refractivity contribution in [3.63, 3.8) is 0 Å². The Bertz CT molecular complexity index is 272. The summed E-state index contributed by atoms with van der Waals surface area (Å²) in [5.74, 6) is 0. The number of hydrogen-bond acceptors (Lipinski definition) is 3. The number of nitrogens with zero attached hydrogens (tertiary/aromatic N) is 2. The lowest BCUT2D eigenvalue weighted by Crippen LogP contribution is -2.38. The molecule has 0 aromatic rings. The second-order valence-electron chi connectivity index (χ2n) is 7.52. The maximum Gasteiger partial charge on any atom is 0.0223 e. The topological polar surface area (TPSA) is 18.5 Å². The van der Waals surface area contributed by atoms with Crippen molar-refractivity contribution in [2.75, 3.05) is 33.2 Å². The molecule has 0 radical (unpaired) electrons. The minimum Gasteiger partial charge on any atom is -0.312 e. The summed E-state index contributed by atoms with van der Waals surface area (Å²) in [5, 5.41) is 3.58. The molecule has 112 valence electrons. The highest BCUT2D eigenvalue weighted by Crippen LogP contribution is 2.28. The lowest BCUT2D eigenvalue weighted by molar-refractivity contribution is 0.216. The van der Waals surface area contributed by atoms with E-state index in [1.54, 1.807) is 0 Å². The van der Waals surface area contributed by atoms with Crippen LogP contribution in [0.1, 0.15) is 52.9 Å². The van der Waals surface area contributed by atoms with Crippen molar-refractivity contribution in [1.82, 2.24) is 15.1 Å². The first-order chi connectivity index (χ1) is 8.96. The normalized spacial score (nSPS) is 29.7. The number of hydrogen-bond donors (Lipinski definition) is 1. The second kappa shape index (κ2) is 6.55. The highest BCUT2D eigenvalue weighted by atomic mass is 15.3. The second-order valence-corrected chi connectivity index (χ2v) is 7.52. The summed E-state index contributed by atoms with van der Waals surface area (Å²) >= 11 is 0. The van der Waals surface area contributed by atoms with Gasteiger partial charge in [0.15, 0.2) is 0 Å². The van der Waals surface area contributed by atoms with Crippen molar-refractivity contribution in [2.24, 2.45) is 0 Å². The van der Waals surface area contributed by atoms with Crippen LogP contribution in [0, 0.1) is 0 Å². The predicted octanol–water partition coefficient (Wildman–Crippen LogP) is 2.32. The molecule has 2 rings (SSSR count). The van der Waals surface area contributed by atoms with Gasteiger partial charge in [-0.05, 0) is 79.6 Å². The summed E-state index contributed by atoms with van der Waals surface area (Å²) in [6, 6.07) is 1.71. The Morgan fingerprint density at radius 3 is 2.53 bits per heavy atom. The van der Waals surface area contributed by atoms with Gasteiger partial charge in [-0.1, -0.05) is 0 Å². The van der Waals surface area contributed by atoms with E-state index in [2.05, 4.69) is 42.9 Å². The van der Waals surface area contributed by atoms with Crippen LogP contribution in [0.4, 0.5) is 0 Å². The summed E-state index contributed by atoms with van der Waals surface area (Å²) in [5.41, 5.74) is 0.268. The van der Waals surface area contributed by atoms with Gasteiger partial charge in [-0.2, -0.15) is 0 Å². The number of rotatable bonds is 5. The minimum absolute atomic E-state index is 0.268. The van der Waals surface area contributed by atoms with Gasteiger partial charge in [-0.3, -0.25) is 4.90 Å². The van der Waals surface area contributed by atoms with Crippen LogP contribution in [-0.4, -0.2) is 60.6 Å². The van der Waals surface area contributed by atoms with Crippen molar-refractivity contribution < 1.29 is 0 Å². The zero-order valence-corrected chi connectivity index (χ0v) is 13.4. The van der Waals surface area contributed by atoms with Crippen LogP contribution >= 0.6 is 0 Å². The van der Waals surface area contributed by atoms with Crippen molar-refractivity contribution in [1.29, 1.82) is 0 Å². The smallest absolute Gasteiger partial charge is 0.0223 e. The van der Waals surface area contributed by atoms with E-state index in [9.17, 15) is 0 Å². The largest absolute Gasteiger partial charge is 0.312 e. The SMILES string of the molecule is CN1C2CCC1CN(CCCCNC(C)(C)C)CC2. The quantitative estimate of drug-likeness (QED) is 0.771. The lowest BCUT2D eigenvalue weighted by atomic mass is 10.1. The van der Waals surface area contributed by atoms with Gasteiger partial charge in [-0.15, -0.1) is 0 Å². The molecule has 2 aliphatic rings. The van der Waals surface area contributed by atoms with Crippen LogP contribution < -0.4 is 5.32 Å². The van der Waals surface area contributed by atoms with Crippen LogP contribution in [-0.2, 0) is 0 Å². The fourth-order valence-electron chi connectivity index (χ4n) is 3.51. The summed E-state index contributed by atoms with van der Waals surface area (Å²) in [7, 11) is 2.33. The first-order valence-corrected chi connectivity index (χ1v) is 8.15. The molecule has 2 saturated heterocycles. The Labute approximate surface area is 119 Å². The number of fused-ring (bicyclic) bond motifs is 2. The van der Waals surface area contributed by atoms with Crippen LogP contribution in [0.15, 0.2) is 0 Å². The molecule has 2 heterocycles. The standard InChI is InChI=1S/C16H33N3/c1-16(2,3)17-10-5-6-11-19-12-9-14-7-8-15(13-19)18(14)4/h14-15,17H,5-13H2,1-4H3. The van der Waals surface area contributed by atoms with Crippen LogP contribution in [0.2, 0.25) is 0 Å². The summed E-state index contributed by atoms with van der Waals surface area (Å²) < 4.78 is 0. The third-order valence-electron chi connectivity index (χ3n) is 4.79. The summed E-state index contributed by atoms with van der Waals surface area (Å²) in [4.78, 5) is 5.35. The van der Waals surface area contributed by atoms with Gasteiger partial charge in [0.25, 0.3) is 0 Å². The zero-order valence-electron chi connectivity index (χ0n) is 13.4. The Morgan fingerprint density at radius 2 is 1.79 bits per heavy atom. The predicted molar refractivity (Wildman–Crippen MR) is 82.6 cm³/mol. The molecule has 0 spiro atoms. The number of nitrogens with one attached hydrogen (secondary N) is 1. The summed E-state index contributed by atoms with van der Waals surface area (Å²) in [6.07, 6.45) is 6.88. The van der Waals surface area contributed by atoms with Gasteiger partial charge in [0.1, 0.15) is 0 Å². The number of unbranched alkanes of at least 4 members (excludes halogenated alkanes) is 1. The zero-order chi connectivity index (χ0) is 13.9. The number of likely N-dealkylation sites (N-methyl/N-ethyl adjacent to an activating group) is 1. The molecule has 0 amide bonds. The van der Waals surface area contributed by atoms with Gasteiger partial charge in [-0.25, -0.2) is 0 Å². The first kappa shape index (κ1) is 15.3. The molecule has 1 N–H and O–H groups in total. The molecule has 0 aromatic carbocycles. The molecule has 2 bridgehead atoms. The Kier molecular flexibility index (Phi) is 5.27. The monoisotopic (exact) mass is 267 g/mol. The molecule has 2 fully saturated rings. The molecule has 0 aliphatic carbocycles. The molecule has 3 nitrogen and oxygen atoms in total. The molecule has 19 heavy (non-hydrogen) atoms. The van der Waals surface area contributed by atoms with Crippen molar-refractivity contribution in [2.45, 2.75) is 70.5 Å². The maximum atomic E-state index is 3.58. The maximum absolute atomic E-state index is 3.58. The highest BCUT2D eigenvalue weighted by Gasteiger charge is 2.34. The van der Waals surface area contributed by atoms with E-state index >= 15 is 0 Å². The van der Waals surface area contributed by atoms with E-state index in [4.69, 9.17) is 0 Å². The highest BCUT2D eigenvalue weighted by molar-refractivity contribution is 4.90. The van der Waals surface area contributed by atoms with Crippen molar-refractivity contribution >= 4 is 0 Å². The average Bonchev–Trinajstić information content (AvgIpc) is 2.54. The van der Waals surface area contributed by atoms with Gasteiger partial charge in [0.05, 0.1) is 0 Å². The first-order valence-electron chi connectivity index (χ1n) is 8.15. The van der Waals surface area contributed by atoms with Crippen LogP contribution in [0.3, 0.4) is 0 Å². The average molecular weight is 267 g/mol. The van der Waals surface area contributed by atoms with Gasteiger partial charge in [0.2, 0.25) is 0 Å². The van der Waals surface area contributed by atoms with Crippen LogP contribution in [0.5, 0.6) is 0 Å². The molecule has 3 heteroatoms. The van der Waals surface area contributed by atoms with E-state index in [0.29, 0.717) is 0 Å². The van der Waals surface area contributed by atoms with Gasteiger partial charge in [0, 0.05) is 24.2 Å². The lowest BCUT2D eigenvalue weighted by Gasteiger charge is -2.26. The number of likely N-dealkylation sites (tertiary alicyclic amines) is 1. The van der Waals surface area contributed by atoms with E-state index in [-0.39, 0.29) is 5.54 Å². The van der Waals surface area contributed by atoms with E-state index < -0.39 is 0 Å². The Hall–Kier alpha value is -0.120. The van der Waals surface area contributed by atoms with Crippen LogP contribution in [0.25, 0.3) is 0 Å². The molecular weight excluding hydrogens is 234 g/mol. The fourth-order valence-corrected chi connectivity index (χ4v) is 3.51. The van der Waals surface area contributed by atoms with Gasteiger partial charge >= 0.3 is 0 Å². The molecule has 0 aromatic heterocycles. The molecule has 0 saturated carbocycles. The molecule has 2 aliphatic heterocycles. The molecular formula is C16H33N3. The fraction of sp³-hybridized carbons (Fsp3) is 1.00. The Morgan fingerprint density at radius 1 is 1.05 bits per heavy atom. The Balaban J connectivity index is 1.62. The van der Waals surface area contributed by atoms with E-state index in [1.165, 1.54) is 51.7 Å². The third kappa shape index (κ3) is 4.73.